The van der Waals surface area contributed by atoms with E-state index >= 15 is 0 Å². The van der Waals surface area contributed by atoms with Crippen molar-refractivity contribution in [3.8, 4) is 0 Å². The van der Waals surface area contributed by atoms with Crippen LogP contribution in [0.15, 0.2) is 0 Å². The molecule has 0 heterocycles. The zero-order chi connectivity index (χ0) is 11.1. The topological polar surface area (TPSA) is 38.3 Å². The summed E-state index contributed by atoms with van der Waals surface area (Å²) in [5, 5.41) is 3.07. The van der Waals surface area contributed by atoms with Gasteiger partial charge in [0.25, 0.3) is 0 Å². The van der Waals surface area contributed by atoms with Crippen LogP contribution in [0, 0.1) is 5.92 Å². The zero-order valence-corrected chi connectivity index (χ0v) is 9.92. The van der Waals surface area contributed by atoms with Gasteiger partial charge in [-0.05, 0) is 25.7 Å². The third-order valence-electron chi connectivity index (χ3n) is 3.28. The molecule has 1 aliphatic rings. The Balaban J connectivity index is 2.21. The van der Waals surface area contributed by atoms with Gasteiger partial charge >= 0.3 is 0 Å². The smallest absolute Gasteiger partial charge is 0.222 e. The normalized spacial score (nSPS) is 19.9. The third kappa shape index (κ3) is 4.65. The summed E-state index contributed by atoms with van der Waals surface area (Å²) >= 11 is 0. The number of methoxy groups -OCH3 is 1. The molecule has 1 atom stereocenters. The van der Waals surface area contributed by atoms with E-state index in [2.05, 4.69) is 12.2 Å². The second-order valence-electron chi connectivity index (χ2n) is 4.50. The molecule has 0 aromatic heterocycles. The second kappa shape index (κ2) is 6.83. The van der Waals surface area contributed by atoms with Crippen LogP contribution in [0.5, 0.6) is 0 Å². The van der Waals surface area contributed by atoms with Crippen LogP contribution in [-0.4, -0.2) is 25.7 Å². The van der Waals surface area contributed by atoms with E-state index in [4.69, 9.17) is 4.74 Å². The molecule has 1 rings (SSSR count). The molecule has 1 amide bonds. The lowest BCUT2D eigenvalue weighted by Crippen LogP contribution is -2.39. The average molecular weight is 213 g/mol. The number of carbonyl (C=O) groups excluding carboxylic acids is 1. The highest BCUT2D eigenvalue weighted by atomic mass is 16.5. The fourth-order valence-electron chi connectivity index (χ4n) is 2.27. The van der Waals surface area contributed by atoms with Gasteiger partial charge in [-0.3, -0.25) is 4.79 Å². The van der Waals surface area contributed by atoms with Crippen LogP contribution < -0.4 is 5.32 Å². The Morgan fingerprint density at radius 3 is 2.67 bits per heavy atom. The second-order valence-corrected chi connectivity index (χ2v) is 4.50. The van der Waals surface area contributed by atoms with Crippen molar-refractivity contribution in [2.24, 2.45) is 5.92 Å². The summed E-state index contributed by atoms with van der Waals surface area (Å²) in [5.41, 5.74) is 0. The van der Waals surface area contributed by atoms with E-state index in [1.807, 2.05) is 0 Å². The van der Waals surface area contributed by atoms with Crippen molar-refractivity contribution in [3.05, 3.63) is 0 Å². The standard InChI is InChI=1S/C12H23NO2/c1-10(11-6-4-3-5-7-11)13-12(14)8-9-15-2/h10-11H,3-9H2,1-2H3,(H,13,14)/t10-/m1/s1. The first-order valence-corrected chi connectivity index (χ1v) is 6.02. The molecular formula is C12H23NO2. The van der Waals surface area contributed by atoms with E-state index in [-0.39, 0.29) is 5.91 Å². The van der Waals surface area contributed by atoms with E-state index in [1.165, 1.54) is 32.1 Å². The van der Waals surface area contributed by atoms with Crippen molar-refractivity contribution in [3.63, 3.8) is 0 Å². The molecular weight excluding hydrogens is 190 g/mol. The summed E-state index contributed by atoms with van der Waals surface area (Å²) in [6, 6.07) is 0.328. The Kier molecular flexibility index (Phi) is 5.69. The van der Waals surface area contributed by atoms with Gasteiger partial charge in [-0.15, -0.1) is 0 Å². The fourth-order valence-corrected chi connectivity index (χ4v) is 2.27. The summed E-state index contributed by atoms with van der Waals surface area (Å²) < 4.78 is 4.88. The summed E-state index contributed by atoms with van der Waals surface area (Å²) in [6.45, 7) is 2.64. The van der Waals surface area contributed by atoms with Crippen molar-refractivity contribution in [1.29, 1.82) is 0 Å². The van der Waals surface area contributed by atoms with Gasteiger partial charge in [0.15, 0.2) is 0 Å². The minimum absolute atomic E-state index is 0.120. The molecule has 0 saturated heterocycles. The van der Waals surface area contributed by atoms with E-state index < -0.39 is 0 Å². The quantitative estimate of drug-likeness (QED) is 0.759. The van der Waals surface area contributed by atoms with Crippen molar-refractivity contribution < 1.29 is 9.53 Å². The molecule has 1 saturated carbocycles. The number of rotatable bonds is 5. The molecule has 1 fully saturated rings. The molecule has 0 aromatic carbocycles. The first kappa shape index (κ1) is 12.5. The van der Waals surface area contributed by atoms with Crippen molar-refractivity contribution in [2.45, 2.75) is 51.5 Å². The Labute approximate surface area is 92.6 Å². The van der Waals surface area contributed by atoms with E-state index in [9.17, 15) is 4.79 Å². The number of carbonyl (C=O) groups is 1. The van der Waals surface area contributed by atoms with Crippen LogP contribution in [0.3, 0.4) is 0 Å². The lowest BCUT2D eigenvalue weighted by molar-refractivity contribution is -0.123. The molecule has 0 bridgehead atoms. The molecule has 3 heteroatoms. The molecule has 15 heavy (non-hydrogen) atoms. The Morgan fingerprint density at radius 1 is 1.40 bits per heavy atom. The van der Waals surface area contributed by atoms with Crippen LogP contribution in [0.4, 0.5) is 0 Å². The van der Waals surface area contributed by atoms with Gasteiger partial charge in [-0.25, -0.2) is 0 Å². The zero-order valence-electron chi connectivity index (χ0n) is 9.92. The molecule has 0 spiro atoms. The number of hydrogen-bond donors (Lipinski definition) is 1. The molecule has 3 nitrogen and oxygen atoms in total. The highest BCUT2D eigenvalue weighted by Crippen LogP contribution is 2.26. The first-order valence-electron chi connectivity index (χ1n) is 6.02. The third-order valence-corrected chi connectivity index (χ3v) is 3.28. The summed E-state index contributed by atoms with van der Waals surface area (Å²) in [4.78, 5) is 11.5. The minimum atomic E-state index is 0.120. The van der Waals surface area contributed by atoms with Crippen molar-refractivity contribution in [2.75, 3.05) is 13.7 Å². The summed E-state index contributed by atoms with van der Waals surface area (Å²) in [5.74, 6) is 0.806. The monoisotopic (exact) mass is 213 g/mol. The maximum atomic E-state index is 11.5. The largest absolute Gasteiger partial charge is 0.384 e. The van der Waals surface area contributed by atoms with E-state index in [0.717, 1.165) is 0 Å². The number of hydrogen-bond acceptors (Lipinski definition) is 2. The fraction of sp³-hybridized carbons (Fsp3) is 0.917. The lowest BCUT2D eigenvalue weighted by Gasteiger charge is -2.28. The molecule has 1 aliphatic carbocycles. The van der Waals surface area contributed by atoms with Crippen LogP contribution >= 0.6 is 0 Å². The van der Waals surface area contributed by atoms with Gasteiger partial charge < -0.3 is 10.1 Å². The van der Waals surface area contributed by atoms with Crippen LogP contribution in [-0.2, 0) is 9.53 Å². The van der Waals surface area contributed by atoms with Gasteiger partial charge in [0.2, 0.25) is 5.91 Å². The number of nitrogens with one attached hydrogen (secondary N) is 1. The molecule has 0 unspecified atom stereocenters. The van der Waals surface area contributed by atoms with E-state index in [0.29, 0.717) is 25.0 Å². The maximum absolute atomic E-state index is 11.5. The Hall–Kier alpha value is -0.570. The highest BCUT2D eigenvalue weighted by molar-refractivity contribution is 5.76. The van der Waals surface area contributed by atoms with Crippen molar-refractivity contribution >= 4 is 5.91 Å². The predicted molar refractivity (Wildman–Crippen MR) is 60.7 cm³/mol. The average Bonchev–Trinajstić information content (AvgIpc) is 2.27. The Bertz CT molecular complexity index is 188. The number of ether oxygens (including phenoxy) is 1. The molecule has 0 radical (unpaired) electrons. The van der Waals surface area contributed by atoms with Crippen LogP contribution in [0.1, 0.15) is 45.4 Å². The molecule has 0 aromatic rings. The van der Waals surface area contributed by atoms with Gasteiger partial charge in [0.1, 0.15) is 0 Å². The van der Waals surface area contributed by atoms with E-state index in [1.54, 1.807) is 7.11 Å². The van der Waals surface area contributed by atoms with Gasteiger partial charge in [0.05, 0.1) is 6.61 Å². The summed E-state index contributed by atoms with van der Waals surface area (Å²) in [7, 11) is 1.62. The van der Waals surface area contributed by atoms with Gasteiger partial charge in [-0.2, -0.15) is 0 Å². The highest BCUT2D eigenvalue weighted by Gasteiger charge is 2.20. The Morgan fingerprint density at radius 2 is 2.07 bits per heavy atom. The SMILES string of the molecule is COCCC(=O)N[C@H](C)C1CCCCC1. The van der Waals surface area contributed by atoms with Crippen LogP contribution in [0.25, 0.3) is 0 Å². The minimum Gasteiger partial charge on any atom is -0.384 e. The van der Waals surface area contributed by atoms with Gasteiger partial charge in [0, 0.05) is 19.6 Å². The maximum Gasteiger partial charge on any atom is 0.222 e. The number of amides is 1. The first-order chi connectivity index (χ1) is 7.24. The molecule has 88 valence electrons. The predicted octanol–water partition coefficient (Wildman–Crippen LogP) is 2.11. The molecule has 1 N–H and O–H groups in total. The summed E-state index contributed by atoms with van der Waals surface area (Å²) in [6.07, 6.45) is 7.03. The van der Waals surface area contributed by atoms with Gasteiger partial charge in [-0.1, -0.05) is 19.3 Å². The molecule has 0 aliphatic heterocycles. The van der Waals surface area contributed by atoms with Crippen molar-refractivity contribution in [1.82, 2.24) is 5.32 Å². The van der Waals surface area contributed by atoms with Crippen LogP contribution in [0.2, 0.25) is 0 Å². The lowest BCUT2D eigenvalue weighted by atomic mass is 9.84.